The minimum absolute atomic E-state index is 0. The van der Waals surface area contributed by atoms with Crippen molar-refractivity contribution in [1.82, 2.24) is 0 Å². The molecule has 0 atom stereocenters. The molecule has 7 heteroatoms. The average molecular weight is 312 g/mol. The van der Waals surface area contributed by atoms with Crippen LogP contribution in [0.2, 0.25) is 0 Å². The van der Waals surface area contributed by atoms with Crippen molar-refractivity contribution in [2.45, 2.75) is 4.90 Å². The van der Waals surface area contributed by atoms with Crippen molar-refractivity contribution >= 4 is 21.4 Å². The molecule has 0 saturated carbocycles. The SMILES string of the molecule is [NH-]C(=O)C1=CNc2ccccc2S1(=O)=O.[Y]. The molecule has 1 aromatic rings. The smallest absolute Gasteiger partial charge is 0.212 e. The van der Waals surface area contributed by atoms with E-state index in [0.29, 0.717) is 5.69 Å². The van der Waals surface area contributed by atoms with Crippen molar-refractivity contribution in [2.24, 2.45) is 0 Å². The van der Waals surface area contributed by atoms with Gasteiger partial charge in [0.1, 0.15) is 4.91 Å². The van der Waals surface area contributed by atoms with Crippen molar-refractivity contribution in [3.63, 3.8) is 0 Å². The van der Waals surface area contributed by atoms with Crippen LogP contribution in [0, 0.1) is 0 Å². The summed E-state index contributed by atoms with van der Waals surface area (Å²) in [5.41, 5.74) is 7.26. The monoisotopic (exact) mass is 312 g/mol. The Labute approximate surface area is 118 Å². The second-order valence-corrected chi connectivity index (χ2v) is 4.87. The van der Waals surface area contributed by atoms with Gasteiger partial charge in [-0.15, -0.1) is 0 Å². The van der Waals surface area contributed by atoms with Gasteiger partial charge < -0.3 is 15.8 Å². The summed E-state index contributed by atoms with van der Waals surface area (Å²) in [5, 5.41) is 2.67. The predicted molar refractivity (Wildman–Crippen MR) is 54.7 cm³/mol. The van der Waals surface area contributed by atoms with Crippen molar-refractivity contribution in [2.75, 3.05) is 5.32 Å². The maximum atomic E-state index is 11.8. The van der Waals surface area contributed by atoms with E-state index in [2.05, 4.69) is 5.32 Å². The number of carbonyl (C=O) groups is 1. The zero-order valence-corrected chi connectivity index (χ0v) is 11.8. The molecule has 1 aromatic carbocycles. The summed E-state index contributed by atoms with van der Waals surface area (Å²) < 4.78 is 23.6. The van der Waals surface area contributed by atoms with Gasteiger partial charge in [0.25, 0.3) is 0 Å². The van der Waals surface area contributed by atoms with Crippen molar-refractivity contribution in [3.8, 4) is 0 Å². The van der Waals surface area contributed by atoms with Gasteiger partial charge in [-0.25, -0.2) is 8.42 Å². The molecular formula is C9H7N2O3SY-. The van der Waals surface area contributed by atoms with Crippen molar-refractivity contribution < 1.29 is 45.9 Å². The summed E-state index contributed by atoms with van der Waals surface area (Å²) >= 11 is 0. The van der Waals surface area contributed by atoms with Crippen LogP contribution in [-0.2, 0) is 47.3 Å². The predicted octanol–water partition coefficient (Wildman–Crippen LogP) is 1.30. The number of hydrogen-bond acceptors (Lipinski definition) is 4. The van der Waals surface area contributed by atoms with Crippen molar-refractivity contribution in [3.05, 3.63) is 41.1 Å². The fourth-order valence-electron chi connectivity index (χ4n) is 1.35. The Morgan fingerprint density at radius 1 is 1.25 bits per heavy atom. The number of carbonyl (C=O) groups excluding carboxylic acids is 1. The molecule has 0 aromatic heterocycles. The molecular weight excluding hydrogens is 305 g/mol. The quantitative estimate of drug-likeness (QED) is 0.847. The fourth-order valence-corrected chi connectivity index (χ4v) is 2.72. The summed E-state index contributed by atoms with van der Waals surface area (Å²) in [5.74, 6) is -1.21. The summed E-state index contributed by atoms with van der Waals surface area (Å²) in [6.07, 6.45) is 1.05. The number of sulfone groups is 1. The number of rotatable bonds is 1. The van der Waals surface area contributed by atoms with Crippen LogP contribution in [0.4, 0.5) is 5.69 Å². The van der Waals surface area contributed by atoms with Gasteiger partial charge in [0.2, 0.25) is 9.84 Å². The third kappa shape index (κ3) is 2.05. The maximum Gasteiger partial charge on any atom is 0.212 e. The largest absolute Gasteiger partial charge is 0.663 e. The Kier molecular flexibility index (Phi) is 3.88. The molecule has 1 radical (unpaired) electrons. The summed E-state index contributed by atoms with van der Waals surface area (Å²) in [7, 11) is -3.82. The van der Waals surface area contributed by atoms with Crippen molar-refractivity contribution in [1.29, 1.82) is 0 Å². The van der Waals surface area contributed by atoms with Gasteiger partial charge in [0, 0.05) is 38.9 Å². The minimum Gasteiger partial charge on any atom is -0.663 e. The molecule has 1 amide bonds. The first kappa shape index (κ1) is 13.3. The van der Waals surface area contributed by atoms with E-state index in [0.717, 1.165) is 6.20 Å². The molecule has 81 valence electrons. The van der Waals surface area contributed by atoms with Gasteiger partial charge in [-0.2, -0.15) is 0 Å². The Bertz CT molecular complexity index is 566. The molecule has 1 aliphatic heterocycles. The molecule has 0 spiro atoms. The van der Waals surface area contributed by atoms with Gasteiger partial charge in [-0.3, -0.25) is 0 Å². The maximum absolute atomic E-state index is 11.8. The van der Waals surface area contributed by atoms with Crippen LogP contribution in [0.1, 0.15) is 0 Å². The van der Waals surface area contributed by atoms with Gasteiger partial charge >= 0.3 is 0 Å². The number of fused-ring (bicyclic) bond motifs is 1. The first-order chi connectivity index (χ1) is 7.03. The second-order valence-electron chi connectivity index (χ2n) is 2.98. The Balaban J connectivity index is 0.00000128. The van der Waals surface area contributed by atoms with Crippen LogP contribution < -0.4 is 5.32 Å². The first-order valence-corrected chi connectivity index (χ1v) is 5.58. The van der Waals surface area contributed by atoms with E-state index in [1.807, 2.05) is 0 Å². The third-order valence-corrected chi connectivity index (χ3v) is 3.87. The molecule has 1 aliphatic rings. The molecule has 0 unspecified atom stereocenters. The fraction of sp³-hybridized carbons (Fsp3) is 0. The van der Waals surface area contributed by atoms with Crippen LogP contribution in [0.5, 0.6) is 0 Å². The second kappa shape index (κ2) is 4.65. The molecule has 0 fully saturated rings. The minimum atomic E-state index is -3.82. The van der Waals surface area contributed by atoms with Crippen LogP contribution >= 0.6 is 0 Å². The molecule has 0 saturated heterocycles. The van der Waals surface area contributed by atoms with E-state index < -0.39 is 20.6 Å². The molecule has 2 N–H and O–H groups in total. The van der Waals surface area contributed by atoms with E-state index >= 15 is 0 Å². The zero-order chi connectivity index (χ0) is 11.1. The van der Waals surface area contributed by atoms with E-state index in [4.69, 9.17) is 5.73 Å². The average Bonchev–Trinajstić information content (AvgIpc) is 2.17. The summed E-state index contributed by atoms with van der Waals surface area (Å²) in [6.45, 7) is 0. The number of amides is 1. The number of anilines is 1. The molecule has 2 rings (SSSR count). The van der Waals surface area contributed by atoms with E-state index in [-0.39, 0.29) is 37.6 Å². The van der Waals surface area contributed by atoms with E-state index in [1.54, 1.807) is 18.2 Å². The Morgan fingerprint density at radius 2 is 1.88 bits per heavy atom. The first-order valence-electron chi connectivity index (χ1n) is 4.10. The van der Waals surface area contributed by atoms with Crippen LogP contribution in [0.3, 0.4) is 0 Å². The number of benzene rings is 1. The van der Waals surface area contributed by atoms with Gasteiger partial charge in [-0.1, -0.05) is 12.1 Å². The van der Waals surface area contributed by atoms with E-state index in [9.17, 15) is 13.2 Å². The topological polar surface area (TPSA) is 87.0 Å². The standard InChI is InChI=1S/C9H8N2O3S.Y/c10-9(12)8-5-11-6-3-1-2-4-7(6)15(8,13)14;/h1-5H,(H3,10,11,12);/p-1. The van der Waals surface area contributed by atoms with Crippen LogP contribution in [0.25, 0.3) is 5.73 Å². The molecule has 5 nitrogen and oxygen atoms in total. The molecule has 1 heterocycles. The number of nitrogens with one attached hydrogen (secondary N) is 2. The Hall–Kier alpha value is -0.716. The summed E-state index contributed by atoms with van der Waals surface area (Å²) in [4.78, 5) is 10.3. The Morgan fingerprint density at radius 3 is 2.50 bits per heavy atom. The number of para-hydroxylation sites is 1. The van der Waals surface area contributed by atoms with Gasteiger partial charge in [0.15, 0.2) is 0 Å². The van der Waals surface area contributed by atoms with Gasteiger partial charge in [0.05, 0.1) is 16.5 Å². The van der Waals surface area contributed by atoms with E-state index in [1.165, 1.54) is 6.07 Å². The molecule has 0 bridgehead atoms. The van der Waals surface area contributed by atoms with Crippen LogP contribution in [-0.4, -0.2) is 14.3 Å². The van der Waals surface area contributed by atoms with Crippen LogP contribution in [0.15, 0.2) is 40.3 Å². The summed E-state index contributed by atoms with van der Waals surface area (Å²) in [6, 6.07) is 6.24. The number of hydrogen-bond donors (Lipinski definition) is 1. The molecule has 16 heavy (non-hydrogen) atoms. The third-order valence-electron chi connectivity index (χ3n) is 2.05. The molecule has 0 aliphatic carbocycles. The van der Waals surface area contributed by atoms with Gasteiger partial charge in [-0.05, 0) is 12.1 Å². The normalized spacial score (nSPS) is 16.1. The zero-order valence-electron chi connectivity index (χ0n) is 8.10.